The van der Waals surface area contributed by atoms with Gasteiger partial charge < -0.3 is 4.52 Å². The van der Waals surface area contributed by atoms with Gasteiger partial charge in [0.15, 0.2) is 5.82 Å². The number of nitrogens with zero attached hydrogens (tertiary/aromatic N) is 3. The lowest BCUT2D eigenvalue weighted by molar-refractivity contribution is -0.120. The summed E-state index contributed by atoms with van der Waals surface area (Å²) in [5, 5.41) is 3.99. The van der Waals surface area contributed by atoms with Gasteiger partial charge in [0.2, 0.25) is 5.89 Å². The Bertz CT molecular complexity index is 580. The van der Waals surface area contributed by atoms with E-state index < -0.39 is 0 Å². The van der Waals surface area contributed by atoms with Gasteiger partial charge in [0.1, 0.15) is 5.78 Å². The molecule has 2 aromatic heterocycles. The van der Waals surface area contributed by atoms with Crippen molar-refractivity contribution < 1.29 is 9.32 Å². The molecular formula is C15H17N3O2. The zero-order chi connectivity index (χ0) is 13.8. The summed E-state index contributed by atoms with van der Waals surface area (Å²) in [4.78, 5) is 20.5. The molecular weight excluding hydrogens is 254 g/mol. The van der Waals surface area contributed by atoms with E-state index in [0.29, 0.717) is 24.6 Å². The number of Topliss-reactive ketones (excluding diaryl/α,β-unsaturated/α-hetero) is 1. The average Bonchev–Trinajstić information content (AvgIpc) is 2.81. The van der Waals surface area contributed by atoms with Gasteiger partial charge in [-0.25, -0.2) is 0 Å². The molecule has 0 aromatic carbocycles. The summed E-state index contributed by atoms with van der Waals surface area (Å²) in [5.41, 5.74) is 1.03. The van der Waals surface area contributed by atoms with Gasteiger partial charge in [0, 0.05) is 25.2 Å². The maximum Gasteiger partial charge on any atom is 0.237 e. The molecule has 0 aliphatic heterocycles. The lowest BCUT2D eigenvalue weighted by Crippen LogP contribution is -2.10. The lowest BCUT2D eigenvalue weighted by Gasteiger charge is -2.06. The van der Waals surface area contributed by atoms with Crippen LogP contribution in [-0.2, 0) is 11.2 Å². The molecule has 0 saturated heterocycles. The minimum atomic E-state index is -0.201. The van der Waals surface area contributed by atoms with Crippen molar-refractivity contribution in [3.05, 3.63) is 41.8 Å². The first-order valence-corrected chi connectivity index (χ1v) is 7.07. The third-order valence-corrected chi connectivity index (χ3v) is 3.67. The predicted molar refractivity (Wildman–Crippen MR) is 72.2 cm³/mol. The summed E-state index contributed by atoms with van der Waals surface area (Å²) < 4.78 is 5.30. The molecule has 1 aliphatic rings. The van der Waals surface area contributed by atoms with E-state index in [-0.39, 0.29) is 11.7 Å². The molecule has 1 unspecified atom stereocenters. The van der Waals surface area contributed by atoms with E-state index in [1.165, 1.54) is 0 Å². The number of ketones is 1. The fraction of sp³-hybridized carbons (Fsp3) is 0.467. The number of carbonyl (C=O) groups excluding carboxylic acids is 1. The van der Waals surface area contributed by atoms with Crippen LogP contribution >= 0.6 is 0 Å². The molecule has 0 spiro atoms. The summed E-state index contributed by atoms with van der Waals surface area (Å²) in [6.07, 6.45) is 8.69. The van der Waals surface area contributed by atoms with Crippen LogP contribution < -0.4 is 0 Å². The zero-order valence-electron chi connectivity index (χ0n) is 11.3. The van der Waals surface area contributed by atoms with Crippen molar-refractivity contribution in [1.82, 2.24) is 15.1 Å². The standard InChI is InChI=1S/C15H17N3O2/c19-13-7-3-1-2-6-12(13)15-17-14(18-20-15)9-11-5-4-8-16-10-11/h4-5,8,10,12H,1-3,6-7,9H2. The minimum absolute atomic E-state index is 0.201. The van der Waals surface area contributed by atoms with Gasteiger partial charge in [0.25, 0.3) is 0 Å². The fourth-order valence-electron chi connectivity index (χ4n) is 2.59. The van der Waals surface area contributed by atoms with Gasteiger partial charge in [-0.1, -0.05) is 24.1 Å². The average molecular weight is 271 g/mol. The molecule has 0 bridgehead atoms. The van der Waals surface area contributed by atoms with Crippen molar-refractivity contribution in [2.45, 2.75) is 44.4 Å². The van der Waals surface area contributed by atoms with Crippen LogP contribution in [0.5, 0.6) is 0 Å². The number of aromatic nitrogens is 3. The Hall–Kier alpha value is -2.04. The number of pyridine rings is 1. The Morgan fingerprint density at radius 1 is 1.30 bits per heavy atom. The van der Waals surface area contributed by atoms with E-state index in [1.54, 1.807) is 12.4 Å². The van der Waals surface area contributed by atoms with Gasteiger partial charge in [0.05, 0.1) is 5.92 Å². The van der Waals surface area contributed by atoms with Crippen LogP contribution in [0.25, 0.3) is 0 Å². The van der Waals surface area contributed by atoms with Crippen molar-refractivity contribution >= 4 is 5.78 Å². The van der Waals surface area contributed by atoms with E-state index in [0.717, 1.165) is 31.2 Å². The van der Waals surface area contributed by atoms with Gasteiger partial charge in [-0.05, 0) is 24.5 Å². The van der Waals surface area contributed by atoms with E-state index in [2.05, 4.69) is 15.1 Å². The number of hydrogen-bond acceptors (Lipinski definition) is 5. The van der Waals surface area contributed by atoms with Crippen LogP contribution in [-0.4, -0.2) is 20.9 Å². The van der Waals surface area contributed by atoms with Crippen LogP contribution in [0, 0.1) is 0 Å². The molecule has 1 atom stereocenters. The normalized spacial score (nSPS) is 19.8. The predicted octanol–water partition coefficient (Wildman–Crippen LogP) is 2.67. The van der Waals surface area contributed by atoms with Gasteiger partial charge >= 0.3 is 0 Å². The van der Waals surface area contributed by atoms with Gasteiger partial charge in [-0.15, -0.1) is 0 Å². The molecule has 104 valence electrons. The third kappa shape index (κ3) is 2.92. The molecule has 5 heteroatoms. The minimum Gasteiger partial charge on any atom is -0.339 e. The smallest absolute Gasteiger partial charge is 0.237 e. The molecule has 0 N–H and O–H groups in total. The van der Waals surface area contributed by atoms with Crippen LogP contribution in [0.2, 0.25) is 0 Å². The Balaban J connectivity index is 1.74. The maximum absolute atomic E-state index is 12.0. The highest BCUT2D eigenvalue weighted by Gasteiger charge is 2.27. The Kier molecular flexibility index (Phi) is 3.85. The fourth-order valence-corrected chi connectivity index (χ4v) is 2.59. The van der Waals surface area contributed by atoms with Crippen molar-refractivity contribution in [2.24, 2.45) is 0 Å². The molecule has 1 aliphatic carbocycles. The second-order valence-electron chi connectivity index (χ2n) is 5.21. The number of rotatable bonds is 3. The SMILES string of the molecule is O=C1CCCCCC1c1nc(Cc2cccnc2)no1. The topological polar surface area (TPSA) is 68.9 Å². The number of hydrogen-bond donors (Lipinski definition) is 0. The zero-order valence-corrected chi connectivity index (χ0v) is 11.3. The van der Waals surface area contributed by atoms with Crippen LogP contribution in [0.15, 0.2) is 29.0 Å². The monoisotopic (exact) mass is 271 g/mol. The maximum atomic E-state index is 12.0. The first kappa shape index (κ1) is 13.0. The van der Waals surface area contributed by atoms with E-state index in [4.69, 9.17) is 4.52 Å². The molecule has 0 radical (unpaired) electrons. The Morgan fingerprint density at radius 2 is 2.25 bits per heavy atom. The van der Waals surface area contributed by atoms with Crippen molar-refractivity contribution in [3.63, 3.8) is 0 Å². The summed E-state index contributed by atoms with van der Waals surface area (Å²) in [5.74, 6) is 1.13. The quantitative estimate of drug-likeness (QED) is 0.803. The van der Waals surface area contributed by atoms with Crippen molar-refractivity contribution in [3.8, 4) is 0 Å². The third-order valence-electron chi connectivity index (χ3n) is 3.67. The molecule has 2 heterocycles. The highest BCUT2D eigenvalue weighted by molar-refractivity contribution is 5.84. The number of carbonyl (C=O) groups is 1. The van der Waals surface area contributed by atoms with Crippen LogP contribution in [0.1, 0.15) is 55.3 Å². The second kappa shape index (κ2) is 5.94. The molecule has 0 amide bonds. The highest BCUT2D eigenvalue weighted by Crippen LogP contribution is 2.28. The molecule has 20 heavy (non-hydrogen) atoms. The summed E-state index contributed by atoms with van der Waals surface area (Å²) in [7, 11) is 0. The van der Waals surface area contributed by atoms with Gasteiger partial charge in [-0.3, -0.25) is 9.78 Å². The summed E-state index contributed by atoms with van der Waals surface area (Å²) in [6.45, 7) is 0. The lowest BCUT2D eigenvalue weighted by atomic mass is 9.99. The first-order chi connectivity index (χ1) is 9.83. The first-order valence-electron chi connectivity index (χ1n) is 7.07. The van der Waals surface area contributed by atoms with E-state index in [9.17, 15) is 4.79 Å². The molecule has 3 rings (SSSR count). The van der Waals surface area contributed by atoms with Crippen LogP contribution in [0.3, 0.4) is 0 Å². The molecule has 2 aromatic rings. The van der Waals surface area contributed by atoms with Gasteiger partial charge in [-0.2, -0.15) is 4.98 Å². The second-order valence-corrected chi connectivity index (χ2v) is 5.21. The molecule has 1 saturated carbocycles. The molecule has 5 nitrogen and oxygen atoms in total. The van der Waals surface area contributed by atoms with E-state index in [1.807, 2.05) is 12.1 Å². The summed E-state index contributed by atoms with van der Waals surface area (Å²) >= 11 is 0. The highest BCUT2D eigenvalue weighted by atomic mass is 16.5. The largest absolute Gasteiger partial charge is 0.339 e. The Morgan fingerprint density at radius 3 is 3.10 bits per heavy atom. The van der Waals surface area contributed by atoms with Crippen LogP contribution in [0.4, 0.5) is 0 Å². The Labute approximate surface area is 117 Å². The van der Waals surface area contributed by atoms with Crippen molar-refractivity contribution in [1.29, 1.82) is 0 Å². The van der Waals surface area contributed by atoms with Crippen molar-refractivity contribution in [2.75, 3.05) is 0 Å². The van der Waals surface area contributed by atoms with E-state index >= 15 is 0 Å². The molecule has 1 fully saturated rings. The summed E-state index contributed by atoms with van der Waals surface area (Å²) in [6, 6.07) is 3.85.